The molecule has 0 saturated heterocycles. The van der Waals surface area contributed by atoms with Crippen molar-refractivity contribution >= 4 is 145 Å². The molecule has 18 rings (SSSR count). The molecule has 8 heterocycles. The summed E-state index contributed by atoms with van der Waals surface area (Å²) >= 11 is 2.33. The lowest BCUT2D eigenvalue weighted by Gasteiger charge is -2.43. The number of aryl methyl sites for hydroxylation is 5. The molecule has 424 valence electrons. The zero-order valence-corrected chi connectivity index (χ0v) is 48.4. The van der Waals surface area contributed by atoms with Crippen LogP contribution in [0.1, 0.15) is 27.8 Å². The van der Waals surface area contributed by atoms with E-state index in [1.165, 1.54) is 64.8 Å². The van der Waals surface area contributed by atoms with E-state index in [1.807, 2.05) is 77.1 Å². The largest absolute Gasteiger partial charge is 0.458 e. The van der Waals surface area contributed by atoms with Crippen molar-refractivity contribution in [3.63, 3.8) is 0 Å². The third-order valence-corrected chi connectivity index (χ3v) is 20.4. The summed E-state index contributed by atoms with van der Waals surface area (Å²) in [5.41, 5.74) is 10.3. The van der Waals surface area contributed by atoms with Gasteiger partial charge >= 0.3 is 0 Å². The van der Waals surface area contributed by atoms with Gasteiger partial charge in [-0.15, -0.1) is 22.7 Å². The van der Waals surface area contributed by atoms with E-state index < -0.39 is 66.7 Å². The Labute approximate surface area is 505 Å². The van der Waals surface area contributed by atoms with Crippen molar-refractivity contribution in [1.82, 2.24) is 0 Å². The average molecular weight is 1210 g/mol. The number of hydrogen-bond acceptors (Lipinski definition) is 8. The number of benzene rings is 10. The van der Waals surface area contributed by atoms with Crippen molar-refractivity contribution < 1.29 is 54.1 Å². The van der Waals surface area contributed by atoms with Gasteiger partial charge in [-0.3, -0.25) is 0 Å². The Balaban J connectivity index is 0.969. The minimum atomic E-state index is -0.877. The second kappa shape index (κ2) is 17.9. The van der Waals surface area contributed by atoms with Crippen LogP contribution in [-0.2, 0) is 0 Å². The monoisotopic (exact) mass is 1210 g/mol. The highest BCUT2D eigenvalue weighted by Crippen LogP contribution is 2.52. The first-order chi connectivity index (χ1) is 42.4. The normalized spacial score (nSPS) is 14.0. The summed E-state index contributed by atoms with van der Waals surface area (Å²) in [5, 5.41) is 0.191. The van der Waals surface area contributed by atoms with Crippen LogP contribution in [0.5, 0.6) is 46.0 Å². The van der Waals surface area contributed by atoms with Gasteiger partial charge in [0.05, 0.1) is 10.8 Å². The van der Waals surface area contributed by atoms with Crippen LogP contribution in [-0.4, -0.2) is 20.1 Å². The second-order valence-corrected chi connectivity index (χ2v) is 25.7. The van der Waals surface area contributed by atoms with E-state index >= 15 is 35.1 Å². The quantitative estimate of drug-likeness (QED) is 0.130. The van der Waals surface area contributed by atoms with E-state index in [-0.39, 0.29) is 44.1 Å². The predicted octanol–water partition coefficient (Wildman–Crippen LogP) is 14.0. The molecule has 0 N–H and O–H groups in total. The molecule has 0 spiro atoms. The fourth-order valence-electron chi connectivity index (χ4n) is 14.9. The molecule has 2 aromatic heterocycles. The third kappa shape index (κ3) is 6.96. The standard InChI is InChI=1S/C69H37B3F8N2O4S2/c1-28-12-31(4)58(32(5)13-28)33-18-49-61-55(19-33)84-50-27-47-37(71-62-48(81(47)64-40(75)8-6-9-41(64)76)14-29(2)15-52(62)85-66-59-44(79)20-34(73)22-56(59)87-68(66)71)25-38(50)70(61)36-24-39-51(26-46(36)82(49)65-42(77)10-7-11-43(65)78)83-53-16-30(3)17-54-63(53)72(39)69-67(86-54)60-45(80)21-35(74)23-57(60)88-69/h6-27H,1-5H3. The molecule has 6 aliphatic heterocycles. The van der Waals surface area contributed by atoms with Gasteiger partial charge in [-0.1, -0.05) is 42.0 Å². The van der Waals surface area contributed by atoms with E-state index in [0.717, 1.165) is 51.3 Å². The maximum Gasteiger partial charge on any atom is 0.273 e. The van der Waals surface area contributed by atoms with Crippen LogP contribution in [0.3, 0.4) is 0 Å². The summed E-state index contributed by atoms with van der Waals surface area (Å²) in [4.78, 5) is 3.09. The third-order valence-electron chi connectivity index (χ3n) is 18.1. The minimum absolute atomic E-state index is 0.0743. The van der Waals surface area contributed by atoms with Gasteiger partial charge in [-0.2, -0.15) is 0 Å². The first-order valence-electron chi connectivity index (χ1n) is 28.4. The number of nitrogens with zero attached hydrogens (tertiary/aromatic N) is 2. The topological polar surface area (TPSA) is 43.4 Å². The van der Waals surface area contributed by atoms with Crippen LogP contribution in [0.25, 0.3) is 31.3 Å². The van der Waals surface area contributed by atoms with Gasteiger partial charge in [0.1, 0.15) is 104 Å². The Hall–Kier alpha value is -9.45. The first-order valence-corrected chi connectivity index (χ1v) is 30.0. The number of para-hydroxylation sites is 2. The Kier molecular flexibility index (Phi) is 10.5. The molecule has 0 unspecified atom stereocenters. The molecule has 12 aromatic rings. The molecule has 6 aliphatic rings. The summed E-state index contributed by atoms with van der Waals surface area (Å²) in [6.07, 6.45) is 0. The number of hydrogen-bond donors (Lipinski definition) is 0. The zero-order valence-electron chi connectivity index (χ0n) is 46.8. The molecule has 0 fully saturated rings. The van der Waals surface area contributed by atoms with E-state index in [9.17, 15) is 0 Å². The van der Waals surface area contributed by atoms with E-state index in [2.05, 4.69) is 12.1 Å². The lowest BCUT2D eigenvalue weighted by molar-refractivity contribution is 0.466. The highest BCUT2D eigenvalue weighted by molar-refractivity contribution is 7.34. The minimum Gasteiger partial charge on any atom is -0.458 e. The maximum atomic E-state index is 17.2. The molecule has 0 aliphatic carbocycles. The first kappa shape index (κ1) is 51.7. The number of ether oxygens (including phenoxy) is 4. The Morgan fingerprint density at radius 2 is 0.784 bits per heavy atom. The fourth-order valence-corrected chi connectivity index (χ4v) is 17.5. The number of fused-ring (bicyclic) bond motifs is 16. The average Bonchev–Trinajstić information content (AvgIpc) is 0.943. The molecule has 0 amide bonds. The van der Waals surface area contributed by atoms with Crippen molar-refractivity contribution in [3.05, 3.63) is 208 Å². The van der Waals surface area contributed by atoms with Crippen LogP contribution in [0.15, 0.2) is 133 Å². The molecular formula is C69H37B3F8N2O4S2. The van der Waals surface area contributed by atoms with Gasteiger partial charge in [0.2, 0.25) is 0 Å². The Morgan fingerprint density at radius 3 is 1.32 bits per heavy atom. The summed E-state index contributed by atoms with van der Waals surface area (Å²) in [6.45, 7) is 7.29. The fraction of sp³-hybridized carbons (Fsp3) is 0.0725. The highest BCUT2D eigenvalue weighted by atomic mass is 32.1. The molecule has 0 saturated carbocycles. The molecule has 88 heavy (non-hydrogen) atoms. The number of thiophene rings is 2. The van der Waals surface area contributed by atoms with Gasteiger partial charge in [0.25, 0.3) is 20.1 Å². The number of rotatable bonds is 3. The molecule has 0 radical (unpaired) electrons. The highest BCUT2D eigenvalue weighted by Gasteiger charge is 2.51. The van der Waals surface area contributed by atoms with Crippen LogP contribution in [0.4, 0.5) is 69.2 Å². The summed E-state index contributed by atoms with van der Waals surface area (Å²) in [6, 6.07) is 34.2. The number of halogens is 8. The van der Waals surface area contributed by atoms with Crippen molar-refractivity contribution in [3.8, 4) is 57.1 Å². The van der Waals surface area contributed by atoms with Crippen molar-refractivity contribution in [2.45, 2.75) is 34.6 Å². The lowest BCUT2D eigenvalue weighted by Crippen LogP contribution is -2.64. The van der Waals surface area contributed by atoms with Gasteiger partial charge in [-0.05, 0) is 174 Å². The van der Waals surface area contributed by atoms with Crippen molar-refractivity contribution in [2.24, 2.45) is 0 Å². The van der Waals surface area contributed by atoms with Gasteiger partial charge in [0, 0.05) is 71.4 Å². The predicted molar refractivity (Wildman–Crippen MR) is 335 cm³/mol. The number of anilines is 6. The molecule has 6 nitrogen and oxygen atoms in total. The second-order valence-electron chi connectivity index (χ2n) is 23.6. The van der Waals surface area contributed by atoms with E-state index in [4.69, 9.17) is 18.9 Å². The lowest BCUT2D eigenvalue weighted by atomic mass is 9.30. The van der Waals surface area contributed by atoms with Crippen LogP contribution in [0, 0.1) is 81.2 Å². The molecule has 10 aromatic carbocycles. The molecular weight excluding hydrogens is 1170 g/mol. The molecule has 0 bridgehead atoms. The maximum absolute atomic E-state index is 17.2. The van der Waals surface area contributed by atoms with Gasteiger partial charge in [-0.25, -0.2) is 35.1 Å². The summed E-state index contributed by atoms with van der Waals surface area (Å²) in [5.74, 6) is -4.18. The Bertz CT molecular complexity index is 5240. The van der Waals surface area contributed by atoms with Gasteiger partial charge < -0.3 is 28.7 Å². The van der Waals surface area contributed by atoms with E-state index in [1.54, 1.807) is 23.1 Å². The van der Waals surface area contributed by atoms with E-state index in [0.29, 0.717) is 115 Å². The van der Waals surface area contributed by atoms with Gasteiger partial charge in [0.15, 0.2) is 0 Å². The Morgan fingerprint density at radius 1 is 0.364 bits per heavy atom. The SMILES string of the molecule is Cc1cc(C)c(-c2cc3c4c(c2)N(c2c(F)cccc2F)c2cc5c(cc2B4c2cc4c(cc2O3)N(c2c(F)cccc2F)c2cc(C)cc3c2B4c2sc4cc(F)cc(F)c4c2O3)B2c3sc4cc(F)cc(F)c4c3Oc3cc(C)cc(c32)O5)c(C)c1. The zero-order chi connectivity index (χ0) is 59.9. The van der Waals surface area contributed by atoms with Crippen molar-refractivity contribution in [1.29, 1.82) is 0 Å². The molecule has 0 atom stereocenters. The summed E-state index contributed by atoms with van der Waals surface area (Å²) in [7, 11) is 0. The molecule has 19 heteroatoms. The van der Waals surface area contributed by atoms with Crippen LogP contribution < -0.4 is 76.5 Å². The van der Waals surface area contributed by atoms with Crippen LogP contribution >= 0.6 is 22.7 Å². The van der Waals surface area contributed by atoms with Crippen LogP contribution in [0.2, 0.25) is 0 Å². The van der Waals surface area contributed by atoms with Crippen molar-refractivity contribution in [2.75, 3.05) is 9.80 Å². The smallest absolute Gasteiger partial charge is 0.273 e. The summed E-state index contributed by atoms with van der Waals surface area (Å²) < 4.78 is 160.